The molecular weight excluding hydrogens is 720 g/mol. The van der Waals surface area contributed by atoms with Gasteiger partial charge in [0.15, 0.2) is 0 Å². The Morgan fingerprint density at radius 2 is 0.909 bits per heavy atom. The number of carbonyl (C=O) groups is 8. The number of aliphatic carboxylic acids is 2. The van der Waals surface area contributed by atoms with Crippen molar-refractivity contribution >= 4 is 47.8 Å². The van der Waals surface area contributed by atoms with Gasteiger partial charge in [-0.05, 0) is 80.1 Å². The molecule has 1 saturated carbocycles. The summed E-state index contributed by atoms with van der Waals surface area (Å²) in [6, 6.07) is -4.94. The molecule has 0 saturated heterocycles. The molecule has 55 heavy (non-hydrogen) atoms. The van der Waals surface area contributed by atoms with Crippen LogP contribution in [0.15, 0.2) is 0 Å². The summed E-state index contributed by atoms with van der Waals surface area (Å²) in [6.45, 7) is 13.7. The minimum Gasteiger partial charge on any atom is -0.480 e. The monoisotopic (exact) mass is 784 g/mol. The predicted octanol–water partition coefficient (Wildman–Crippen LogP) is 2.72. The zero-order chi connectivity index (χ0) is 41.9. The van der Waals surface area contributed by atoms with Crippen LogP contribution in [0.5, 0.6) is 0 Å². The van der Waals surface area contributed by atoms with Crippen molar-refractivity contribution in [3.05, 3.63) is 0 Å². The minimum atomic E-state index is -1.37. The number of carboxylic acid groups (broad SMARTS) is 2. The van der Waals surface area contributed by atoms with Gasteiger partial charge in [0.2, 0.25) is 23.6 Å². The quantitative estimate of drug-likeness (QED) is 0.0788. The maximum atomic E-state index is 13.6. The Balaban J connectivity index is 2.98. The molecule has 0 bridgehead atoms. The van der Waals surface area contributed by atoms with Crippen LogP contribution in [0.4, 0.5) is 9.59 Å². The predicted molar refractivity (Wildman–Crippen MR) is 201 cm³/mol. The second kappa shape index (κ2) is 23.3. The maximum Gasteiger partial charge on any atom is 0.407 e. The molecule has 0 unspecified atom stereocenters. The van der Waals surface area contributed by atoms with Crippen molar-refractivity contribution in [2.75, 3.05) is 13.1 Å². The van der Waals surface area contributed by atoms with Gasteiger partial charge in [-0.15, -0.1) is 0 Å². The van der Waals surface area contributed by atoms with Gasteiger partial charge in [-0.25, -0.2) is 19.2 Å². The van der Waals surface area contributed by atoms with Crippen LogP contribution in [-0.2, 0) is 38.2 Å². The summed E-state index contributed by atoms with van der Waals surface area (Å²) in [5.41, 5.74) is -1.51. The third kappa shape index (κ3) is 19.5. The standard InChI is InChI=1S/C37H64N6O12/c1-9-11-16-24(30(46)42-26(32(48)49)18-20-38-34(52)54-36(3,4)5)40-28(44)22-14-13-15-23(22)29(45)41-25(17-12-10-2)31(47)43-27(33(50)51)19-21-39-35(53)55-37(6,7)8/h22-27H,9-21H2,1-8H3,(H,38,52)(H,39,53)(H,40,44)(H,41,45)(H,42,46)(H,43,47)(H,48,49)(H,50,51)/t22-,23-,24+,25+,26+,27+/m1/s1. The second-order valence-electron chi connectivity index (χ2n) is 15.8. The lowest BCUT2D eigenvalue weighted by Gasteiger charge is -2.26. The lowest BCUT2D eigenvalue weighted by atomic mass is 9.93. The topological polar surface area (TPSA) is 268 Å². The summed E-state index contributed by atoms with van der Waals surface area (Å²) in [5.74, 6) is -6.93. The van der Waals surface area contributed by atoms with E-state index in [1.54, 1.807) is 41.5 Å². The fraction of sp³-hybridized carbons (Fsp3) is 0.784. The van der Waals surface area contributed by atoms with Gasteiger partial charge in [0.25, 0.3) is 0 Å². The van der Waals surface area contributed by atoms with Crippen molar-refractivity contribution in [1.29, 1.82) is 0 Å². The Morgan fingerprint density at radius 1 is 0.564 bits per heavy atom. The smallest absolute Gasteiger partial charge is 0.407 e. The molecule has 0 heterocycles. The molecule has 0 aromatic carbocycles. The summed E-state index contributed by atoms with van der Waals surface area (Å²) in [4.78, 5) is 102. The van der Waals surface area contributed by atoms with E-state index in [9.17, 15) is 48.6 Å². The molecule has 0 spiro atoms. The molecule has 1 aliphatic carbocycles. The van der Waals surface area contributed by atoms with Crippen LogP contribution in [0.1, 0.15) is 126 Å². The molecule has 0 aromatic rings. The van der Waals surface area contributed by atoms with Gasteiger partial charge in [0.05, 0.1) is 0 Å². The Morgan fingerprint density at radius 3 is 1.20 bits per heavy atom. The third-order valence-corrected chi connectivity index (χ3v) is 8.58. The third-order valence-electron chi connectivity index (χ3n) is 8.58. The number of carboxylic acids is 2. The van der Waals surface area contributed by atoms with Crippen LogP contribution < -0.4 is 31.9 Å². The summed E-state index contributed by atoms with van der Waals surface area (Å²) in [6.07, 6.45) is 2.25. The van der Waals surface area contributed by atoms with Gasteiger partial charge in [0, 0.05) is 24.9 Å². The highest BCUT2D eigenvalue weighted by molar-refractivity contribution is 5.95. The first kappa shape index (κ1) is 48.4. The van der Waals surface area contributed by atoms with Crippen molar-refractivity contribution in [3.8, 4) is 0 Å². The van der Waals surface area contributed by atoms with Gasteiger partial charge in [-0.1, -0.05) is 46.0 Å². The number of hydrogen-bond acceptors (Lipinski definition) is 10. The SMILES string of the molecule is CCCC[C@H](NC(=O)[C@@H]1CCC[C@H]1C(=O)N[C@@H](CCCC)C(=O)N[C@@H](CCNC(=O)OC(C)(C)C)C(=O)O)C(=O)N[C@@H](CCNC(=O)OC(C)(C)C)C(=O)O. The van der Waals surface area contributed by atoms with Gasteiger partial charge in [0.1, 0.15) is 35.4 Å². The molecule has 18 heteroatoms. The Kier molecular flexibility index (Phi) is 20.5. The molecule has 1 fully saturated rings. The molecule has 18 nitrogen and oxygen atoms in total. The first-order valence-electron chi connectivity index (χ1n) is 19.2. The minimum absolute atomic E-state index is 0.101. The lowest BCUT2D eigenvalue weighted by Crippen LogP contribution is -2.55. The molecule has 6 atom stereocenters. The van der Waals surface area contributed by atoms with Crippen molar-refractivity contribution in [1.82, 2.24) is 31.9 Å². The largest absolute Gasteiger partial charge is 0.480 e. The van der Waals surface area contributed by atoms with Crippen LogP contribution in [0.3, 0.4) is 0 Å². The number of unbranched alkanes of at least 4 members (excludes halogenated alkanes) is 2. The van der Waals surface area contributed by atoms with Crippen LogP contribution in [0.2, 0.25) is 0 Å². The summed E-state index contributed by atoms with van der Waals surface area (Å²) in [5, 5.41) is 34.7. The van der Waals surface area contributed by atoms with E-state index in [0.717, 1.165) is 0 Å². The zero-order valence-electron chi connectivity index (χ0n) is 33.6. The van der Waals surface area contributed by atoms with Gasteiger partial charge in [-0.2, -0.15) is 0 Å². The van der Waals surface area contributed by atoms with E-state index in [-0.39, 0.29) is 38.8 Å². The molecule has 0 aliphatic heterocycles. The molecule has 6 amide bonds. The van der Waals surface area contributed by atoms with E-state index in [1.807, 2.05) is 13.8 Å². The summed E-state index contributed by atoms with van der Waals surface area (Å²) < 4.78 is 10.3. The Bertz CT molecular complexity index is 1230. The summed E-state index contributed by atoms with van der Waals surface area (Å²) in [7, 11) is 0. The molecular formula is C37H64N6O12. The first-order valence-corrected chi connectivity index (χ1v) is 19.2. The van der Waals surface area contributed by atoms with Crippen LogP contribution >= 0.6 is 0 Å². The number of carbonyl (C=O) groups excluding carboxylic acids is 6. The molecule has 0 aromatic heterocycles. The van der Waals surface area contributed by atoms with E-state index >= 15 is 0 Å². The average Bonchev–Trinajstić information content (AvgIpc) is 3.56. The molecule has 1 rings (SSSR count). The van der Waals surface area contributed by atoms with Gasteiger partial charge in [-0.3, -0.25) is 19.2 Å². The molecule has 1 aliphatic rings. The number of ether oxygens (including phenoxy) is 2. The Hall–Kier alpha value is -4.64. The van der Waals surface area contributed by atoms with Crippen molar-refractivity contribution < 1.29 is 58.0 Å². The number of hydrogen-bond donors (Lipinski definition) is 8. The fourth-order valence-electron chi connectivity index (χ4n) is 5.82. The lowest BCUT2D eigenvalue weighted by molar-refractivity contribution is -0.143. The fourth-order valence-corrected chi connectivity index (χ4v) is 5.82. The Labute approximate surface area is 323 Å². The highest BCUT2D eigenvalue weighted by atomic mass is 16.6. The van der Waals surface area contributed by atoms with Crippen molar-refractivity contribution in [3.63, 3.8) is 0 Å². The summed E-state index contributed by atoms with van der Waals surface area (Å²) >= 11 is 0. The first-order chi connectivity index (χ1) is 25.6. The molecule has 8 N–H and O–H groups in total. The van der Waals surface area contributed by atoms with Crippen LogP contribution in [0, 0.1) is 11.8 Å². The number of rotatable bonds is 22. The maximum absolute atomic E-state index is 13.6. The van der Waals surface area contributed by atoms with Crippen molar-refractivity contribution in [2.45, 2.75) is 161 Å². The van der Waals surface area contributed by atoms with Crippen molar-refractivity contribution in [2.24, 2.45) is 11.8 Å². The van der Waals surface area contributed by atoms with E-state index in [1.165, 1.54) is 0 Å². The number of alkyl carbamates (subject to hydrolysis) is 2. The zero-order valence-corrected chi connectivity index (χ0v) is 33.6. The highest BCUT2D eigenvalue weighted by Crippen LogP contribution is 2.32. The normalized spacial score (nSPS) is 17.7. The molecule has 314 valence electrons. The van der Waals surface area contributed by atoms with E-state index in [2.05, 4.69) is 31.9 Å². The van der Waals surface area contributed by atoms with E-state index in [0.29, 0.717) is 44.9 Å². The second-order valence-corrected chi connectivity index (χ2v) is 15.8. The van der Waals surface area contributed by atoms with E-state index in [4.69, 9.17) is 9.47 Å². The number of nitrogens with one attached hydrogen (secondary N) is 6. The number of amides is 6. The average molecular weight is 785 g/mol. The van der Waals surface area contributed by atoms with E-state index < -0.39 is 95.0 Å². The van der Waals surface area contributed by atoms with Gasteiger partial charge >= 0.3 is 24.1 Å². The molecule has 0 radical (unpaired) electrons. The van der Waals surface area contributed by atoms with Gasteiger partial charge < -0.3 is 51.6 Å². The van der Waals surface area contributed by atoms with Crippen LogP contribution in [0.25, 0.3) is 0 Å². The van der Waals surface area contributed by atoms with Crippen LogP contribution in [-0.4, -0.2) is 106 Å². The highest BCUT2D eigenvalue weighted by Gasteiger charge is 2.40.